The van der Waals surface area contributed by atoms with Gasteiger partial charge in [0.15, 0.2) is 0 Å². The fourth-order valence-electron chi connectivity index (χ4n) is 2.93. The first-order chi connectivity index (χ1) is 14.8. The van der Waals surface area contributed by atoms with E-state index in [-0.39, 0.29) is 23.9 Å². The van der Waals surface area contributed by atoms with Gasteiger partial charge >= 0.3 is 12.4 Å². The van der Waals surface area contributed by atoms with E-state index in [1.54, 1.807) is 14.1 Å². The fraction of sp³-hybridized carbons (Fsp3) is 0.474. The quantitative estimate of drug-likeness (QED) is 0.584. The van der Waals surface area contributed by atoms with Crippen LogP contribution < -0.4 is 14.8 Å². The van der Waals surface area contributed by atoms with Crippen molar-refractivity contribution in [3.05, 3.63) is 36.4 Å². The second-order valence-electron chi connectivity index (χ2n) is 7.32. The fourth-order valence-corrected chi connectivity index (χ4v) is 4.07. The van der Waals surface area contributed by atoms with Gasteiger partial charge in [-0.1, -0.05) is 6.08 Å². The lowest BCUT2D eigenvalue weighted by Crippen LogP contribution is -2.51. The van der Waals surface area contributed by atoms with Crippen LogP contribution in [-0.2, 0) is 14.8 Å². The smallest absolute Gasteiger partial charge is 0.406 e. The van der Waals surface area contributed by atoms with Gasteiger partial charge in [-0.15, -0.1) is 13.2 Å². The van der Waals surface area contributed by atoms with E-state index in [1.807, 2.05) is 0 Å². The number of nitrogens with one attached hydrogen (secondary N) is 2. The predicted octanol–water partition coefficient (Wildman–Crippen LogP) is 2.15. The molecular weight excluding hydrogens is 453 g/mol. The monoisotopic (exact) mass is 478 g/mol. The Morgan fingerprint density at radius 1 is 1.25 bits per heavy atom. The third-order valence-corrected chi connectivity index (χ3v) is 5.73. The van der Waals surface area contributed by atoms with E-state index in [2.05, 4.69) is 14.8 Å². The minimum Gasteiger partial charge on any atom is -0.406 e. The van der Waals surface area contributed by atoms with E-state index >= 15 is 0 Å². The van der Waals surface area contributed by atoms with Gasteiger partial charge in [-0.3, -0.25) is 4.79 Å². The average molecular weight is 478 g/mol. The molecule has 0 aliphatic carbocycles. The Morgan fingerprint density at radius 3 is 2.50 bits per heavy atom. The number of piperidine rings is 1. The maximum Gasteiger partial charge on any atom is 0.573 e. The van der Waals surface area contributed by atoms with Gasteiger partial charge in [0.1, 0.15) is 5.75 Å². The first kappa shape index (κ1) is 25.5. The average Bonchev–Trinajstić information content (AvgIpc) is 2.68. The van der Waals surface area contributed by atoms with Gasteiger partial charge in [-0.25, -0.2) is 17.9 Å². The van der Waals surface area contributed by atoms with Gasteiger partial charge in [0.25, 0.3) is 0 Å². The molecular formula is C19H25F3N4O5S. The molecule has 1 atom stereocenters. The molecule has 1 aliphatic heterocycles. The summed E-state index contributed by atoms with van der Waals surface area (Å²) in [5.74, 6) is -1.12. The zero-order chi connectivity index (χ0) is 23.9. The number of nitrogens with zero attached hydrogens (tertiary/aromatic N) is 2. The highest BCUT2D eigenvalue weighted by molar-refractivity contribution is 7.89. The second-order valence-corrected chi connectivity index (χ2v) is 9.12. The summed E-state index contributed by atoms with van der Waals surface area (Å²) in [6.45, 7) is 0.525. The number of alkyl halides is 3. The molecule has 0 spiro atoms. The lowest BCUT2D eigenvalue weighted by Gasteiger charge is -2.33. The lowest BCUT2D eigenvalue weighted by molar-refractivity contribution is -0.274. The minimum absolute atomic E-state index is 0.126. The first-order valence-electron chi connectivity index (χ1n) is 9.64. The van der Waals surface area contributed by atoms with Crippen LogP contribution in [0.25, 0.3) is 0 Å². The molecule has 1 fully saturated rings. The molecule has 3 amide bonds. The number of ether oxygens (including phenoxy) is 1. The Balaban J connectivity index is 1.89. The summed E-state index contributed by atoms with van der Waals surface area (Å²) in [7, 11) is -0.607. The van der Waals surface area contributed by atoms with Crippen molar-refractivity contribution in [2.75, 3.05) is 38.3 Å². The van der Waals surface area contributed by atoms with Crippen LogP contribution in [0.1, 0.15) is 12.8 Å². The van der Waals surface area contributed by atoms with E-state index in [0.717, 1.165) is 12.1 Å². The van der Waals surface area contributed by atoms with Gasteiger partial charge in [-0.05, 0) is 37.1 Å². The number of carbonyl (C=O) groups is 2. The Morgan fingerprint density at radius 2 is 1.91 bits per heavy atom. The van der Waals surface area contributed by atoms with Gasteiger partial charge in [-0.2, -0.15) is 0 Å². The normalized spacial score (nSPS) is 17.3. The molecule has 1 unspecified atom stereocenters. The Hall–Kier alpha value is -2.80. The summed E-state index contributed by atoms with van der Waals surface area (Å²) in [6.07, 6.45) is -1.28. The van der Waals surface area contributed by atoms with E-state index in [9.17, 15) is 31.2 Å². The molecule has 0 aromatic heterocycles. The number of anilines is 1. The Bertz CT molecular complexity index is 933. The molecule has 178 valence electrons. The molecule has 0 bridgehead atoms. The molecule has 1 saturated heterocycles. The van der Waals surface area contributed by atoms with Gasteiger partial charge in [0.05, 0.1) is 5.75 Å². The number of halogens is 3. The third-order valence-electron chi connectivity index (χ3n) is 4.41. The van der Waals surface area contributed by atoms with Gasteiger partial charge in [0.2, 0.25) is 15.9 Å². The second kappa shape index (κ2) is 10.7. The number of hydrogen-bond donors (Lipinski definition) is 2. The van der Waals surface area contributed by atoms with Crippen molar-refractivity contribution in [2.24, 2.45) is 0 Å². The Labute approximate surface area is 184 Å². The van der Waals surface area contributed by atoms with Crippen LogP contribution in [0.3, 0.4) is 0 Å². The molecule has 1 heterocycles. The van der Waals surface area contributed by atoms with Crippen LogP contribution >= 0.6 is 0 Å². The molecule has 1 aromatic rings. The van der Waals surface area contributed by atoms with Crippen molar-refractivity contribution >= 4 is 27.6 Å². The number of carbonyl (C=O) groups excluding carboxylic acids is 2. The van der Waals surface area contributed by atoms with Crippen LogP contribution in [0, 0.1) is 0 Å². The van der Waals surface area contributed by atoms with E-state index in [4.69, 9.17) is 0 Å². The summed E-state index contributed by atoms with van der Waals surface area (Å²) in [6, 6.07) is 3.68. The molecule has 2 N–H and O–H groups in total. The standard InChI is InChI=1S/C19H25F3N4O5S/c1-25(2)17(27)6-4-12-32(29,30)24-15-5-3-11-26(13-15)18(28)23-14-7-9-16(10-8-14)31-19(20,21)22/h4,6-10,15,24H,3,5,11-13H2,1-2H3,(H,23,28). The number of urea groups is 1. The zero-order valence-corrected chi connectivity index (χ0v) is 18.4. The van der Waals surface area contributed by atoms with Crippen molar-refractivity contribution in [3.63, 3.8) is 0 Å². The first-order valence-corrected chi connectivity index (χ1v) is 11.3. The van der Waals surface area contributed by atoms with Crippen molar-refractivity contribution in [3.8, 4) is 5.75 Å². The van der Waals surface area contributed by atoms with Gasteiger partial charge < -0.3 is 19.9 Å². The highest BCUT2D eigenvalue weighted by Crippen LogP contribution is 2.24. The molecule has 2 rings (SSSR count). The molecule has 1 aliphatic rings. The highest BCUT2D eigenvalue weighted by atomic mass is 32.2. The van der Waals surface area contributed by atoms with E-state index in [0.29, 0.717) is 19.4 Å². The number of likely N-dealkylation sites (tertiary alicyclic amines) is 1. The van der Waals surface area contributed by atoms with Crippen molar-refractivity contribution in [2.45, 2.75) is 25.2 Å². The van der Waals surface area contributed by atoms with Crippen LogP contribution in [0.2, 0.25) is 0 Å². The highest BCUT2D eigenvalue weighted by Gasteiger charge is 2.31. The number of amides is 3. The van der Waals surface area contributed by atoms with E-state index < -0.39 is 34.2 Å². The van der Waals surface area contributed by atoms with Crippen molar-refractivity contribution < 1.29 is 35.9 Å². The molecule has 0 saturated carbocycles. The third kappa shape index (κ3) is 8.75. The molecule has 13 heteroatoms. The summed E-state index contributed by atoms with van der Waals surface area (Å²) >= 11 is 0. The summed E-state index contributed by atoms with van der Waals surface area (Å²) in [5.41, 5.74) is 0.267. The topological polar surface area (TPSA) is 108 Å². The summed E-state index contributed by atoms with van der Waals surface area (Å²) < 4.78 is 67.5. The zero-order valence-electron chi connectivity index (χ0n) is 17.6. The SMILES string of the molecule is CN(C)C(=O)C=CCS(=O)(=O)NC1CCCN(C(=O)Nc2ccc(OC(F)(F)F)cc2)C1. The number of likely N-dealkylation sites (N-methyl/N-ethyl adjacent to an activating group) is 1. The van der Waals surface area contributed by atoms with Gasteiger partial charge in [0, 0.05) is 45.0 Å². The maximum absolute atomic E-state index is 12.5. The van der Waals surface area contributed by atoms with Crippen molar-refractivity contribution in [1.29, 1.82) is 0 Å². The van der Waals surface area contributed by atoms with Crippen LogP contribution in [0.15, 0.2) is 36.4 Å². The minimum atomic E-state index is -4.81. The number of rotatable bonds is 7. The molecule has 32 heavy (non-hydrogen) atoms. The lowest BCUT2D eigenvalue weighted by atomic mass is 10.1. The summed E-state index contributed by atoms with van der Waals surface area (Å²) in [5, 5.41) is 2.56. The van der Waals surface area contributed by atoms with Crippen LogP contribution in [0.4, 0.5) is 23.7 Å². The number of benzene rings is 1. The number of sulfonamides is 1. The largest absolute Gasteiger partial charge is 0.573 e. The summed E-state index contributed by atoms with van der Waals surface area (Å²) in [4.78, 5) is 26.7. The van der Waals surface area contributed by atoms with Crippen molar-refractivity contribution in [1.82, 2.24) is 14.5 Å². The molecule has 9 nitrogen and oxygen atoms in total. The number of hydrogen-bond acceptors (Lipinski definition) is 5. The molecule has 0 radical (unpaired) electrons. The Kier molecular flexibility index (Phi) is 8.50. The predicted molar refractivity (Wildman–Crippen MR) is 111 cm³/mol. The van der Waals surface area contributed by atoms with E-state index in [1.165, 1.54) is 34.1 Å². The van der Waals surface area contributed by atoms with Crippen LogP contribution in [0.5, 0.6) is 5.75 Å². The maximum atomic E-state index is 12.5. The van der Waals surface area contributed by atoms with Crippen LogP contribution in [-0.4, -0.2) is 75.5 Å². The molecule has 1 aromatic carbocycles.